The Morgan fingerprint density at radius 1 is 0.462 bits per heavy atom. The molecule has 0 amide bonds. The van der Waals surface area contributed by atoms with Crippen molar-refractivity contribution in [2.75, 3.05) is 46.8 Å². The third-order valence-corrected chi connectivity index (χ3v) is 10.1. The second-order valence-electron chi connectivity index (χ2n) is 12.0. The summed E-state index contributed by atoms with van der Waals surface area (Å²) in [7, 11) is 1.65. The summed E-state index contributed by atoms with van der Waals surface area (Å²) in [6, 6.07) is 30.3. The first-order valence-electron chi connectivity index (χ1n) is 16.9. The Labute approximate surface area is 304 Å². The molecule has 2 aliphatic rings. The molecule has 0 atom stereocenters. The normalized spacial score (nSPS) is 12.0. The van der Waals surface area contributed by atoms with E-state index >= 15 is 0 Å². The molecule has 5 heterocycles. The molecule has 3 aromatic heterocycles. The van der Waals surface area contributed by atoms with E-state index in [1.54, 1.807) is 7.11 Å². The molecule has 13 heteroatoms. The van der Waals surface area contributed by atoms with Crippen LogP contribution in [0.3, 0.4) is 0 Å². The van der Waals surface area contributed by atoms with Gasteiger partial charge in [-0.25, -0.2) is 0 Å². The Kier molecular flexibility index (Phi) is 8.96. The SMILES string of the molecule is COCCOCCOCC[O][Cr][c]1cccc2c3nc4nc(nc5[nH]c(nc6nc(nc([nH]3)c12)-c1ccccc1-6)c1ccccc51)-c1ccccc1-4. The van der Waals surface area contributed by atoms with Crippen LogP contribution in [0.15, 0.2) is 91.0 Å². The second kappa shape index (κ2) is 14.3. The molecule has 52 heavy (non-hydrogen) atoms. The van der Waals surface area contributed by atoms with Gasteiger partial charge in [-0.3, -0.25) is 0 Å². The minimum absolute atomic E-state index is 0.341. The summed E-state index contributed by atoms with van der Waals surface area (Å²) in [5.74, 6) is 2.25. The molecule has 0 saturated carbocycles. The van der Waals surface area contributed by atoms with Crippen molar-refractivity contribution in [3.63, 3.8) is 0 Å². The van der Waals surface area contributed by atoms with Gasteiger partial charge in [-0.1, -0.05) is 6.07 Å². The van der Waals surface area contributed by atoms with E-state index in [4.69, 9.17) is 47.9 Å². The fourth-order valence-corrected chi connectivity index (χ4v) is 7.49. The van der Waals surface area contributed by atoms with E-state index < -0.39 is 0 Å². The zero-order valence-electron chi connectivity index (χ0n) is 28.1. The monoisotopic (exact) mass is 728 g/mol. The molecule has 2 N–H and O–H groups in total. The van der Waals surface area contributed by atoms with Gasteiger partial charge >= 0.3 is 299 Å². The van der Waals surface area contributed by atoms with E-state index in [0.29, 0.717) is 85.5 Å². The van der Waals surface area contributed by atoms with Gasteiger partial charge in [0.15, 0.2) is 0 Å². The molecule has 0 unspecified atom stereocenters. The average molecular weight is 729 g/mol. The van der Waals surface area contributed by atoms with E-state index in [1.165, 1.54) is 0 Å². The van der Waals surface area contributed by atoms with Crippen molar-refractivity contribution >= 4 is 48.6 Å². The van der Waals surface area contributed by atoms with Gasteiger partial charge in [-0.15, -0.1) is 0 Å². The summed E-state index contributed by atoms with van der Waals surface area (Å²) in [6.45, 7) is 3.04. The van der Waals surface area contributed by atoms with Crippen LogP contribution in [0.5, 0.6) is 0 Å². The number of hydrogen-bond acceptors (Lipinski definition) is 10. The van der Waals surface area contributed by atoms with E-state index in [0.717, 1.165) is 48.2 Å². The molecule has 0 aliphatic carbocycles. The van der Waals surface area contributed by atoms with Crippen LogP contribution in [-0.2, 0) is 33.6 Å². The molecule has 9 rings (SSSR count). The van der Waals surface area contributed by atoms with Crippen molar-refractivity contribution in [3.05, 3.63) is 91.0 Å². The maximum atomic E-state index is 6.17. The topological polar surface area (TPSA) is 146 Å². The Balaban J connectivity index is 1.21. The predicted octanol–water partition coefficient (Wildman–Crippen LogP) is 6.19. The van der Waals surface area contributed by atoms with Crippen LogP contribution in [0, 0.1) is 0 Å². The van der Waals surface area contributed by atoms with Gasteiger partial charge < -0.3 is 0 Å². The molecule has 258 valence electrons. The molecule has 2 aliphatic heterocycles. The number of fused-ring (bicyclic) bond motifs is 20. The van der Waals surface area contributed by atoms with Crippen LogP contribution in [0.1, 0.15) is 0 Å². The van der Waals surface area contributed by atoms with E-state index in [-0.39, 0.29) is 15.6 Å². The van der Waals surface area contributed by atoms with Crippen LogP contribution in [0.2, 0.25) is 0 Å². The van der Waals surface area contributed by atoms with Crippen molar-refractivity contribution in [3.8, 4) is 45.6 Å². The Hall–Kier alpha value is -5.39. The molecule has 0 saturated heterocycles. The van der Waals surface area contributed by atoms with Gasteiger partial charge in [0.05, 0.1) is 0 Å². The number of hydrogen-bond donors (Lipinski definition) is 2. The number of ether oxygens (including phenoxy) is 3. The molecule has 0 radical (unpaired) electrons. The summed E-state index contributed by atoms with van der Waals surface area (Å²) < 4.78 is 23.4. The molecule has 4 aromatic carbocycles. The van der Waals surface area contributed by atoms with E-state index in [9.17, 15) is 0 Å². The van der Waals surface area contributed by atoms with Crippen molar-refractivity contribution in [2.24, 2.45) is 0 Å². The van der Waals surface area contributed by atoms with Crippen molar-refractivity contribution in [2.45, 2.75) is 0 Å². The van der Waals surface area contributed by atoms with Gasteiger partial charge in [0, 0.05) is 0 Å². The molecule has 8 bridgehead atoms. The Bertz CT molecular complexity index is 2620. The maximum absolute atomic E-state index is 6.17. The zero-order valence-corrected chi connectivity index (χ0v) is 29.4. The zero-order chi connectivity index (χ0) is 34.9. The molecular weight excluding hydrogens is 696 g/mol. The predicted molar refractivity (Wildman–Crippen MR) is 195 cm³/mol. The van der Waals surface area contributed by atoms with Gasteiger partial charge in [0.2, 0.25) is 0 Å². The number of nitrogens with one attached hydrogen (secondary N) is 2. The molecule has 0 spiro atoms. The fourth-order valence-electron chi connectivity index (χ4n) is 6.39. The molecule has 12 nitrogen and oxygen atoms in total. The number of aromatic amines is 2. The van der Waals surface area contributed by atoms with Crippen LogP contribution in [-0.4, -0.2) is 86.6 Å². The summed E-state index contributed by atoms with van der Waals surface area (Å²) in [4.78, 5) is 37.5. The van der Waals surface area contributed by atoms with Crippen molar-refractivity contribution in [1.82, 2.24) is 39.9 Å². The van der Waals surface area contributed by atoms with Crippen LogP contribution < -0.4 is 4.43 Å². The molecule has 0 fully saturated rings. The number of benzene rings is 4. The summed E-state index contributed by atoms with van der Waals surface area (Å²) >= 11 is -0.341. The van der Waals surface area contributed by atoms with E-state index in [2.05, 4.69) is 16.0 Å². The van der Waals surface area contributed by atoms with Crippen LogP contribution in [0.25, 0.3) is 89.7 Å². The number of nitrogens with zero attached hydrogens (tertiary/aromatic N) is 6. The third-order valence-electron chi connectivity index (χ3n) is 8.80. The standard InChI is InChI=1S/C32H17N8.C7H15O4.Cr/c1-2-10-18-17(9-1)25-33-26(18)38-28-21-13-5-6-14-22(21)30(35-28)40-32-24-16-8-7-15-23(24)31(36-32)39-29-20-12-4-3-11-19(20)27(34-29)37-25;1-9-4-5-11-7-6-10-3-2-8;/h1-15H,(H2,33,34,35,36,37,38,39,40);2-7H2,1H3;/q;-1;+1. The van der Waals surface area contributed by atoms with Gasteiger partial charge in [0.1, 0.15) is 0 Å². The van der Waals surface area contributed by atoms with Gasteiger partial charge in [0.25, 0.3) is 0 Å². The first-order valence-corrected chi connectivity index (χ1v) is 18.1. The summed E-state index contributed by atoms with van der Waals surface area (Å²) in [5, 5.41) is 3.70. The van der Waals surface area contributed by atoms with Crippen LogP contribution in [0.4, 0.5) is 0 Å². The molecular formula is C39H32CrN8O4. The quantitative estimate of drug-likeness (QED) is 0.148. The first kappa shape index (κ1) is 32.5. The van der Waals surface area contributed by atoms with Gasteiger partial charge in [-0.05, 0) is 0 Å². The number of rotatable bonds is 11. The summed E-state index contributed by atoms with van der Waals surface area (Å²) in [6.07, 6.45) is 0. The van der Waals surface area contributed by atoms with Crippen molar-refractivity contribution in [1.29, 1.82) is 0 Å². The number of H-pyrrole nitrogens is 2. The van der Waals surface area contributed by atoms with Crippen LogP contribution >= 0.6 is 0 Å². The number of aromatic nitrogens is 8. The average Bonchev–Trinajstić information content (AvgIpc) is 3.91. The van der Waals surface area contributed by atoms with E-state index in [1.807, 2.05) is 84.9 Å². The minimum atomic E-state index is -0.341. The van der Waals surface area contributed by atoms with Crippen molar-refractivity contribution < 1.29 is 33.6 Å². The fraction of sp³-hybridized carbons (Fsp3) is 0.179. The summed E-state index contributed by atoms with van der Waals surface area (Å²) in [5.41, 5.74) is 6.18. The molecule has 7 aromatic rings. The van der Waals surface area contributed by atoms with Gasteiger partial charge in [-0.2, -0.15) is 0 Å². The Morgan fingerprint density at radius 3 is 1.46 bits per heavy atom. The number of methoxy groups -OCH3 is 1. The first-order chi connectivity index (χ1) is 25.7. The third kappa shape index (κ3) is 6.13. The Morgan fingerprint density at radius 2 is 0.904 bits per heavy atom. The second-order valence-corrected chi connectivity index (χ2v) is 13.4.